The van der Waals surface area contributed by atoms with Gasteiger partial charge in [0.1, 0.15) is 6.23 Å². The van der Waals surface area contributed by atoms with Gasteiger partial charge in [0.05, 0.1) is 5.60 Å². The van der Waals surface area contributed by atoms with Gasteiger partial charge in [-0.3, -0.25) is 5.32 Å². The molecule has 1 N–H and O–H groups in total. The molecule has 3 nitrogen and oxygen atoms in total. The predicted octanol–water partition coefficient (Wildman–Crippen LogP) is 1.44. The molecule has 2 unspecified atom stereocenters. The number of ether oxygens (including phenoxy) is 1. The second-order valence-electron chi connectivity index (χ2n) is 5.53. The Hall–Kier alpha value is -0.120. The number of likely N-dealkylation sites (tertiary alicyclic amines) is 1. The smallest absolute Gasteiger partial charge is 0.109 e. The number of nitrogens with one attached hydrogen (secondary N) is 1. The normalized spacial score (nSPS) is 36.2. The Morgan fingerprint density at radius 2 is 2.27 bits per heavy atom. The highest BCUT2D eigenvalue weighted by Gasteiger charge is 2.33. The quantitative estimate of drug-likeness (QED) is 0.766. The summed E-state index contributed by atoms with van der Waals surface area (Å²) in [6.07, 6.45) is 2.82. The molecule has 0 bridgehead atoms. The van der Waals surface area contributed by atoms with E-state index < -0.39 is 0 Å². The maximum atomic E-state index is 5.95. The Bertz CT molecular complexity index is 218. The first kappa shape index (κ1) is 11.4. The molecule has 0 amide bonds. The molecule has 0 aromatic heterocycles. The molecular weight excluding hydrogens is 188 g/mol. The molecule has 2 fully saturated rings. The number of nitrogens with zero attached hydrogens (tertiary/aromatic N) is 1. The van der Waals surface area contributed by atoms with E-state index in [0.29, 0.717) is 6.23 Å². The maximum absolute atomic E-state index is 5.95. The van der Waals surface area contributed by atoms with Gasteiger partial charge < -0.3 is 9.64 Å². The van der Waals surface area contributed by atoms with Crippen LogP contribution >= 0.6 is 0 Å². The third-order valence-corrected chi connectivity index (χ3v) is 3.58. The molecule has 2 aliphatic rings. The average molecular weight is 212 g/mol. The molecular formula is C12H24N2O. The van der Waals surface area contributed by atoms with Crippen molar-refractivity contribution in [2.24, 2.45) is 5.92 Å². The Morgan fingerprint density at radius 3 is 2.80 bits per heavy atom. The maximum Gasteiger partial charge on any atom is 0.109 e. The average Bonchev–Trinajstić information content (AvgIpc) is 2.73. The monoisotopic (exact) mass is 212 g/mol. The highest BCUT2D eigenvalue weighted by atomic mass is 16.5. The second kappa shape index (κ2) is 4.40. The molecule has 0 saturated carbocycles. The molecule has 2 heterocycles. The van der Waals surface area contributed by atoms with Gasteiger partial charge in [-0.1, -0.05) is 6.92 Å². The molecule has 88 valence electrons. The molecule has 0 spiro atoms. The van der Waals surface area contributed by atoms with Crippen molar-refractivity contribution in [3.63, 3.8) is 0 Å². The van der Waals surface area contributed by atoms with Gasteiger partial charge in [-0.25, -0.2) is 0 Å². The van der Waals surface area contributed by atoms with Crippen molar-refractivity contribution < 1.29 is 4.74 Å². The molecule has 15 heavy (non-hydrogen) atoms. The zero-order valence-corrected chi connectivity index (χ0v) is 10.3. The number of rotatable bonds is 3. The minimum absolute atomic E-state index is 0.0354. The van der Waals surface area contributed by atoms with E-state index in [2.05, 4.69) is 31.0 Å². The fraction of sp³-hybridized carbons (Fsp3) is 1.00. The summed E-state index contributed by atoms with van der Waals surface area (Å²) >= 11 is 0. The van der Waals surface area contributed by atoms with E-state index in [1.54, 1.807) is 0 Å². The lowest BCUT2D eigenvalue weighted by atomic mass is 10.0. The fourth-order valence-electron chi connectivity index (χ4n) is 2.65. The fourth-order valence-corrected chi connectivity index (χ4v) is 2.65. The predicted molar refractivity (Wildman–Crippen MR) is 61.8 cm³/mol. The molecule has 2 aliphatic heterocycles. The van der Waals surface area contributed by atoms with Crippen molar-refractivity contribution in [3.8, 4) is 0 Å². The lowest BCUT2D eigenvalue weighted by Gasteiger charge is -2.20. The summed E-state index contributed by atoms with van der Waals surface area (Å²) in [6, 6.07) is 0. The summed E-state index contributed by atoms with van der Waals surface area (Å²) in [7, 11) is 0. The summed E-state index contributed by atoms with van der Waals surface area (Å²) in [5.74, 6) is 0.830. The zero-order chi connectivity index (χ0) is 10.9. The number of hydrogen-bond donors (Lipinski definition) is 1. The van der Waals surface area contributed by atoms with Crippen LogP contribution in [0.3, 0.4) is 0 Å². The van der Waals surface area contributed by atoms with E-state index in [1.807, 2.05) is 0 Å². The van der Waals surface area contributed by atoms with E-state index in [9.17, 15) is 0 Å². The third kappa shape index (κ3) is 2.92. The van der Waals surface area contributed by atoms with Crippen molar-refractivity contribution in [1.82, 2.24) is 10.2 Å². The zero-order valence-electron chi connectivity index (χ0n) is 10.3. The van der Waals surface area contributed by atoms with E-state index in [0.717, 1.165) is 12.5 Å². The van der Waals surface area contributed by atoms with Crippen molar-refractivity contribution in [2.45, 2.75) is 45.4 Å². The lowest BCUT2D eigenvalue weighted by molar-refractivity contribution is -0.0239. The minimum atomic E-state index is 0.0354. The molecule has 2 saturated heterocycles. The van der Waals surface area contributed by atoms with Crippen LogP contribution in [-0.4, -0.2) is 42.9 Å². The molecule has 2 rings (SSSR count). The van der Waals surface area contributed by atoms with Gasteiger partial charge in [0.15, 0.2) is 0 Å². The lowest BCUT2D eigenvalue weighted by Crippen LogP contribution is -2.27. The van der Waals surface area contributed by atoms with E-state index in [4.69, 9.17) is 4.74 Å². The van der Waals surface area contributed by atoms with Gasteiger partial charge in [-0.05, 0) is 45.7 Å². The molecule has 0 aliphatic carbocycles. The van der Waals surface area contributed by atoms with Gasteiger partial charge >= 0.3 is 0 Å². The van der Waals surface area contributed by atoms with Crippen LogP contribution in [-0.2, 0) is 4.74 Å². The topological polar surface area (TPSA) is 24.5 Å². The Morgan fingerprint density at radius 1 is 1.47 bits per heavy atom. The first-order valence-electron chi connectivity index (χ1n) is 6.22. The van der Waals surface area contributed by atoms with Gasteiger partial charge in [-0.15, -0.1) is 0 Å². The largest absolute Gasteiger partial charge is 0.356 e. The van der Waals surface area contributed by atoms with Crippen LogP contribution in [0.25, 0.3) is 0 Å². The van der Waals surface area contributed by atoms with Crippen LogP contribution in [0.4, 0.5) is 0 Å². The molecule has 3 heteroatoms. The minimum Gasteiger partial charge on any atom is -0.356 e. The van der Waals surface area contributed by atoms with Gasteiger partial charge in [0, 0.05) is 13.1 Å². The van der Waals surface area contributed by atoms with Crippen LogP contribution in [0.5, 0.6) is 0 Å². The Labute approximate surface area is 93.2 Å². The summed E-state index contributed by atoms with van der Waals surface area (Å²) in [6.45, 7) is 11.3. The van der Waals surface area contributed by atoms with Gasteiger partial charge in [-0.2, -0.15) is 0 Å². The molecule has 2 atom stereocenters. The van der Waals surface area contributed by atoms with Gasteiger partial charge in [0.25, 0.3) is 0 Å². The van der Waals surface area contributed by atoms with Gasteiger partial charge in [0.2, 0.25) is 0 Å². The van der Waals surface area contributed by atoms with Crippen LogP contribution in [0.15, 0.2) is 0 Å². The van der Waals surface area contributed by atoms with Crippen LogP contribution in [0.2, 0.25) is 0 Å². The van der Waals surface area contributed by atoms with Crippen LogP contribution in [0, 0.1) is 5.92 Å². The highest BCUT2D eigenvalue weighted by Crippen LogP contribution is 2.26. The molecule has 0 radical (unpaired) electrons. The highest BCUT2D eigenvalue weighted by molar-refractivity contribution is 4.84. The van der Waals surface area contributed by atoms with Crippen molar-refractivity contribution in [2.75, 3.05) is 26.2 Å². The Balaban J connectivity index is 1.74. The van der Waals surface area contributed by atoms with E-state index >= 15 is 0 Å². The SMILES string of the molecule is CCN1CCC(CC2NCC(C)(C)O2)C1. The molecule has 0 aromatic carbocycles. The van der Waals surface area contributed by atoms with E-state index in [-0.39, 0.29) is 5.60 Å². The standard InChI is InChI=1S/C12H24N2O/c1-4-14-6-5-10(8-14)7-11-13-9-12(2,3)15-11/h10-11,13H,4-9H2,1-3H3. The summed E-state index contributed by atoms with van der Waals surface area (Å²) in [5.41, 5.74) is 0.0354. The van der Waals surface area contributed by atoms with Crippen molar-refractivity contribution in [1.29, 1.82) is 0 Å². The van der Waals surface area contributed by atoms with Crippen LogP contribution < -0.4 is 5.32 Å². The first-order chi connectivity index (χ1) is 7.09. The van der Waals surface area contributed by atoms with E-state index in [1.165, 1.54) is 32.5 Å². The van der Waals surface area contributed by atoms with Crippen LogP contribution in [0.1, 0.15) is 33.6 Å². The third-order valence-electron chi connectivity index (χ3n) is 3.58. The molecule has 0 aromatic rings. The second-order valence-corrected chi connectivity index (χ2v) is 5.53. The summed E-state index contributed by atoms with van der Waals surface area (Å²) in [5, 5.41) is 3.47. The first-order valence-corrected chi connectivity index (χ1v) is 6.22. The Kier molecular flexibility index (Phi) is 3.33. The summed E-state index contributed by atoms with van der Waals surface area (Å²) in [4.78, 5) is 2.53. The van der Waals surface area contributed by atoms with Crippen molar-refractivity contribution >= 4 is 0 Å². The number of hydrogen-bond acceptors (Lipinski definition) is 3. The summed E-state index contributed by atoms with van der Waals surface area (Å²) < 4.78 is 5.95. The van der Waals surface area contributed by atoms with Crippen molar-refractivity contribution in [3.05, 3.63) is 0 Å².